The maximum atomic E-state index is 12.1. The van der Waals surface area contributed by atoms with Crippen molar-refractivity contribution in [3.63, 3.8) is 0 Å². The van der Waals surface area contributed by atoms with Gasteiger partial charge in [-0.3, -0.25) is 9.78 Å². The number of ether oxygens (including phenoxy) is 1. The maximum Gasteiger partial charge on any atom is 0.317 e. The van der Waals surface area contributed by atoms with Crippen LogP contribution in [0.1, 0.15) is 37.3 Å². The van der Waals surface area contributed by atoms with Gasteiger partial charge < -0.3 is 14.5 Å². The first-order valence-corrected chi connectivity index (χ1v) is 13.5. The minimum Gasteiger partial charge on any atom is -0.462 e. The van der Waals surface area contributed by atoms with Crippen LogP contribution >= 0.6 is 0 Å². The molecule has 0 unspecified atom stereocenters. The van der Waals surface area contributed by atoms with E-state index in [1.165, 1.54) is 17.9 Å². The molecule has 4 aromatic rings. The number of fused-ring (bicyclic) bond motifs is 2. The second kappa shape index (κ2) is 10.5. The lowest BCUT2D eigenvalue weighted by Crippen LogP contribution is -2.37. The molecule has 1 atom stereocenters. The molecule has 7 nitrogen and oxygen atoms in total. The first-order chi connectivity index (χ1) is 18.6. The number of carbonyl (C=O) groups excluding carboxylic acids is 1. The van der Waals surface area contributed by atoms with Crippen LogP contribution in [-0.2, 0) is 4.79 Å². The average Bonchev–Trinajstić information content (AvgIpc) is 3.39. The van der Waals surface area contributed by atoms with Crippen LogP contribution in [0.25, 0.3) is 32.9 Å². The molecule has 2 aromatic carbocycles. The second-order valence-corrected chi connectivity index (χ2v) is 10.4. The van der Waals surface area contributed by atoms with Gasteiger partial charge in [0.15, 0.2) is 0 Å². The van der Waals surface area contributed by atoms with Crippen molar-refractivity contribution in [1.29, 1.82) is 0 Å². The van der Waals surface area contributed by atoms with Crippen LogP contribution in [0.4, 0.5) is 0 Å². The number of amides is 1. The van der Waals surface area contributed by atoms with Gasteiger partial charge in [-0.2, -0.15) is 9.97 Å². The Balaban J connectivity index is 1.38. The van der Waals surface area contributed by atoms with Crippen LogP contribution in [0.5, 0.6) is 6.01 Å². The zero-order valence-electron chi connectivity index (χ0n) is 21.8. The van der Waals surface area contributed by atoms with Crippen LogP contribution in [0.3, 0.4) is 0 Å². The first-order valence-electron chi connectivity index (χ1n) is 13.5. The Morgan fingerprint density at radius 1 is 1.05 bits per heavy atom. The third-order valence-electron chi connectivity index (χ3n) is 8.10. The highest BCUT2D eigenvalue weighted by molar-refractivity contribution is 5.97. The summed E-state index contributed by atoms with van der Waals surface area (Å²) in [5.74, 6) is 0.193. The molecule has 4 heterocycles. The summed E-state index contributed by atoms with van der Waals surface area (Å²) in [6, 6.07) is 17.5. The number of likely N-dealkylation sites (tertiary alicyclic amines) is 2. The molecule has 2 saturated heterocycles. The summed E-state index contributed by atoms with van der Waals surface area (Å²) in [4.78, 5) is 31.0. The molecule has 0 spiro atoms. The van der Waals surface area contributed by atoms with Gasteiger partial charge in [0.2, 0.25) is 5.91 Å². The predicted molar refractivity (Wildman–Crippen MR) is 150 cm³/mol. The summed E-state index contributed by atoms with van der Waals surface area (Å²) in [7, 11) is 2.15. The fraction of sp³-hybridized carbons (Fsp3) is 0.355. The fourth-order valence-corrected chi connectivity index (χ4v) is 5.86. The van der Waals surface area contributed by atoms with Crippen LogP contribution < -0.4 is 4.74 Å². The molecular formula is C31H33N5O2. The van der Waals surface area contributed by atoms with E-state index in [2.05, 4.69) is 67.1 Å². The van der Waals surface area contributed by atoms with E-state index in [1.807, 2.05) is 11.1 Å². The van der Waals surface area contributed by atoms with Gasteiger partial charge in [0.25, 0.3) is 0 Å². The minimum absolute atomic E-state index is 0.0119. The summed E-state index contributed by atoms with van der Waals surface area (Å²) in [5, 5.41) is 3.30. The van der Waals surface area contributed by atoms with E-state index in [-0.39, 0.29) is 11.8 Å². The molecule has 0 N–H and O–H groups in total. The molecule has 0 aliphatic carbocycles. The van der Waals surface area contributed by atoms with E-state index in [9.17, 15) is 4.79 Å². The van der Waals surface area contributed by atoms with Gasteiger partial charge in [0.1, 0.15) is 6.61 Å². The number of benzene rings is 2. The highest BCUT2D eigenvalue weighted by Crippen LogP contribution is 2.35. The normalized spacial score (nSPS) is 18.8. The van der Waals surface area contributed by atoms with Crippen LogP contribution in [0.2, 0.25) is 0 Å². The summed E-state index contributed by atoms with van der Waals surface area (Å²) in [6.07, 6.45) is 7.30. The van der Waals surface area contributed by atoms with E-state index in [0.717, 1.165) is 59.0 Å². The van der Waals surface area contributed by atoms with Gasteiger partial charge in [-0.05, 0) is 62.2 Å². The zero-order chi connectivity index (χ0) is 26.1. The van der Waals surface area contributed by atoms with Crippen molar-refractivity contribution in [2.45, 2.75) is 37.6 Å². The van der Waals surface area contributed by atoms with Gasteiger partial charge in [-0.1, -0.05) is 49.0 Å². The Labute approximate surface area is 223 Å². The summed E-state index contributed by atoms with van der Waals surface area (Å²) in [6.45, 7) is 6.68. The molecular weight excluding hydrogens is 474 g/mol. The fourth-order valence-electron chi connectivity index (χ4n) is 5.86. The van der Waals surface area contributed by atoms with Crippen LogP contribution in [0, 0.1) is 0 Å². The number of carbonyl (C=O) groups is 1. The van der Waals surface area contributed by atoms with Crippen molar-refractivity contribution >= 4 is 27.6 Å². The van der Waals surface area contributed by atoms with Crippen molar-refractivity contribution in [1.82, 2.24) is 24.8 Å². The van der Waals surface area contributed by atoms with Crippen LogP contribution in [0.15, 0.2) is 67.4 Å². The topological polar surface area (TPSA) is 71.5 Å². The van der Waals surface area contributed by atoms with Gasteiger partial charge in [0.05, 0.1) is 16.9 Å². The summed E-state index contributed by atoms with van der Waals surface area (Å²) < 4.78 is 6.23. The van der Waals surface area contributed by atoms with E-state index in [4.69, 9.17) is 19.7 Å². The molecule has 2 aliphatic heterocycles. The van der Waals surface area contributed by atoms with E-state index in [1.54, 1.807) is 0 Å². The van der Waals surface area contributed by atoms with Crippen LogP contribution in [-0.4, -0.2) is 70.0 Å². The van der Waals surface area contributed by atoms with Gasteiger partial charge >= 0.3 is 6.01 Å². The molecule has 0 bridgehead atoms. The number of aromatic nitrogens is 3. The second-order valence-electron chi connectivity index (χ2n) is 10.4. The predicted octanol–water partition coefficient (Wildman–Crippen LogP) is 5.21. The number of rotatable bonds is 6. The zero-order valence-corrected chi connectivity index (χ0v) is 21.8. The summed E-state index contributed by atoms with van der Waals surface area (Å²) >= 11 is 0. The molecule has 194 valence electrons. The highest BCUT2D eigenvalue weighted by atomic mass is 16.5. The molecule has 0 radical (unpaired) electrons. The Bertz CT molecular complexity index is 1490. The van der Waals surface area contributed by atoms with E-state index >= 15 is 0 Å². The molecule has 6 rings (SSSR count). The largest absolute Gasteiger partial charge is 0.462 e. The molecule has 38 heavy (non-hydrogen) atoms. The smallest absolute Gasteiger partial charge is 0.317 e. The maximum absolute atomic E-state index is 12.1. The number of piperidine rings is 1. The van der Waals surface area contributed by atoms with Gasteiger partial charge in [0, 0.05) is 42.2 Å². The number of likely N-dealkylation sites (N-methyl/N-ethyl adjacent to an activating group) is 1. The lowest BCUT2D eigenvalue weighted by atomic mass is 9.91. The third kappa shape index (κ3) is 4.74. The number of nitrogens with zero attached hydrogens (tertiary/aromatic N) is 5. The SMILES string of the molecule is C=CC(=O)N1CCC(c2nc(OC[C@@H]3CCCN3C)nc3cc(-c4cccc5ccccc45)ncc23)CC1. The highest BCUT2D eigenvalue weighted by Gasteiger charge is 2.27. The van der Waals surface area contributed by atoms with E-state index < -0.39 is 0 Å². The Morgan fingerprint density at radius 3 is 2.66 bits per heavy atom. The van der Waals surface area contributed by atoms with Crippen molar-refractivity contribution in [3.05, 3.63) is 73.1 Å². The first kappa shape index (κ1) is 24.5. The van der Waals surface area contributed by atoms with Gasteiger partial charge in [-0.25, -0.2) is 0 Å². The standard InChI is InChI=1S/C31H33N5O2/c1-3-29(37)36-16-13-22(14-17-36)30-26-19-32-27(25-12-6-9-21-8-4-5-11-24(21)25)18-28(26)33-31(34-30)38-20-23-10-7-15-35(23)2/h3-6,8-9,11-12,18-19,22-23H,1,7,10,13-17,20H2,2H3/t23-/m0/s1. The Morgan fingerprint density at radius 2 is 1.87 bits per heavy atom. The van der Waals surface area contributed by atoms with Crippen molar-refractivity contribution in [2.75, 3.05) is 33.3 Å². The van der Waals surface area contributed by atoms with Crippen molar-refractivity contribution < 1.29 is 9.53 Å². The lowest BCUT2D eigenvalue weighted by molar-refractivity contribution is -0.127. The van der Waals surface area contributed by atoms with Crippen molar-refractivity contribution in [2.24, 2.45) is 0 Å². The van der Waals surface area contributed by atoms with Gasteiger partial charge in [-0.15, -0.1) is 0 Å². The molecule has 2 aromatic heterocycles. The molecule has 0 saturated carbocycles. The molecule has 2 fully saturated rings. The Kier molecular flexibility index (Phi) is 6.77. The number of hydrogen-bond acceptors (Lipinski definition) is 6. The average molecular weight is 508 g/mol. The molecule has 2 aliphatic rings. The monoisotopic (exact) mass is 507 g/mol. The van der Waals surface area contributed by atoms with Crippen molar-refractivity contribution in [3.8, 4) is 17.3 Å². The molecule has 7 heteroatoms. The minimum atomic E-state index is -0.0119. The third-order valence-corrected chi connectivity index (χ3v) is 8.10. The summed E-state index contributed by atoms with van der Waals surface area (Å²) in [5.41, 5.74) is 3.77. The number of pyridine rings is 1. The molecule has 1 amide bonds. The quantitative estimate of drug-likeness (QED) is 0.334. The Hall–Kier alpha value is -3.84. The number of hydrogen-bond donors (Lipinski definition) is 0. The lowest BCUT2D eigenvalue weighted by Gasteiger charge is -2.31. The van der Waals surface area contributed by atoms with E-state index in [0.29, 0.717) is 31.7 Å².